The Morgan fingerprint density at radius 2 is 1.71 bits per heavy atom. The van der Waals surface area contributed by atoms with E-state index in [2.05, 4.69) is 6.92 Å². The molecule has 0 heterocycles. The number of hydrogen-bond acceptors (Lipinski definition) is 3. The third-order valence-electron chi connectivity index (χ3n) is 2.27. The molecule has 0 atom stereocenters. The molecule has 0 radical (unpaired) electrons. The maximum Gasteiger partial charge on any atom is 0.296 e. The molecule has 0 aliphatic carbocycles. The second-order valence-corrected chi connectivity index (χ2v) is 5.27. The molecule has 1 aromatic rings. The minimum atomic E-state index is -3.55. The number of benzene rings is 1. The van der Waals surface area contributed by atoms with Crippen molar-refractivity contribution in [2.24, 2.45) is 0 Å². The van der Waals surface area contributed by atoms with E-state index < -0.39 is 10.1 Å². The van der Waals surface area contributed by atoms with Crippen LogP contribution in [0.4, 0.5) is 0 Å². The van der Waals surface area contributed by atoms with Crippen LogP contribution in [-0.2, 0) is 31.4 Å². The van der Waals surface area contributed by atoms with Gasteiger partial charge in [-0.3, -0.25) is 4.18 Å². The fraction of sp³-hybridized carbons (Fsp3) is 0.500. The molecule has 0 aliphatic heterocycles. The maximum absolute atomic E-state index is 11.6. The standard InChI is InChI=1S/C12H18O3S.Fe/c1-2-3-4-8-11-15-16(13,14)12-9-6-5-7-10-12;/h5-7,9-10H,2-4,8,11H2,1H3;. The van der Waals surface area contributed by atoms with Crippen LogP contribution in [0.2, 0.25) is 0 Å². The van der Waals surface area contributed by atoms with Crippen molar-refractivity contribution in [1.29, 1.82) is 0 Å². The molecule has 0 unspecified atom stereocenters. The Kier molecular flexibility index (Phi) is 8.52. The van der Waals surface area contributed by atoms with Crippen molar-refractivity contribution in [3.8, 4) is 0 Å². The van der Waals surface area contributed by atoms with Gasteiger partial charge in [0.25, 0.3) is 10.1 Å². The number of unbranched alkanes of at least 4 members (excludes halogenated alkanes) is 3. The molecule has 1 rings (SSSR count). The van der Waals surface area contributed by atoms with Crippen molar-refractivity contribution in [3.63, 3.8) is 0 Å². The van der Waals surface area contributed by atoms with E-state index in [0.717, 1.165) is 25.7 Å². The van der Waals surface area contributed by atoms with Gasteiger partial charge in [0.05, 0.1) is 11.5 Å². The number of hydrogen-bond donors (Lipinski definition) is 0. The molecule has 0 bridgehead atoms. The van der Waals surface area contributed by atoms with Gasteiger partial charge in [-0.1, -0.05) is 44.4 Å². The summed E-state index contributed by atoms with van der Waals surface area (Å²) in [7, 11) is -3.55. The van der Waals surface area contributed by atoms with Gasteiger partial charge in [0.2, 0.25) is 0 Å². The fourth-order valence-corrected chi connectivity index (χ4v) is 2.32. The van der Waals surface area contributed by atoms with Crippen LogP contribution < -0.4 is 0 Å². The van der Waals surface area contributed by atoms with Gasteiger partial charge in [-0.2, -0.15) is 8.42 Å². The Labute approximate surface area is 114 Å². The maximum atomic E-state index is 11.6. The Balaban J connectivity index is 0.00000256. The Hall–Kier alpha value is -0.351. The molecule has 0 fully saturated rings. The summed E-state index contributed by atoms with van der Waals surface area (Å²) in [5, 5.41) is 0. The molecular formula is C12H18FeO3S. The average molecular weight is 298 g/mol. The van der Waals surface area contributed by atoms with Gasteiger partial charge in [0.1, 0.15) is 0 Å². The van der Waals surface area contributed by atoms with Crippen LogP contribution in [0.25, 0.3) is 0 Å². The summed E-state index contributed by atoms with van der Waals surface area (Å²) in [6.07, 6.45) is 4.06. The summed E-state index contributed by atoms with van der Waals surface area (Å²) < 4.78 is 28.2. The zero-order chi connectivity index (χ0) is 11.9. The second kappa shape index (κ2) is 8.70. The van der Waals surface area contributed by atoms with Crippen LogP contribution in [0.3, 0.4) is 0 Å². The first-order valence-electron chi connectivity index (χ1n) is 5.61. The first kappa shape index (κ1) is 16.6. The molecule has 17 heavy (non-hydrogen) atoms. The van der Waals surface area contributed by atoms with Gasteiger partial charge >= 0.3 is 0 Å². The van der Waals surface area contributed by atoms with Crippen LogP contribution in [-0.4, -0.2) is 15.0 Å². The van der Waals surface area contributed by atoms with Crippen molar-refractivity contribution in [3.05, 3.63) is 30.3 Å². The predicted molar refractivity (Wildman–Crippen MR) is 63.7 cm³/mol. The van der Waals surface area contributed by atoms with Crippen LogP contribution in [0.15, 0.2) is 35.2 Å². The first-order valence-corrected chi connectivity index (χ1v) is 7.02. The molecule has 1 aromatic carbocycles. The molecule has 98 valence electrons. The van der Waals surface area contributed by atoms with Crippen LogP contribution in [0.5, 0.6) is 0 Å². The van der Waals surface area contributed by atoms with Gasteiger partial charge < -0.3 is 0 Å². The molecule has 0 aromatic heterocycles. The van der Waals surface area contributed by atoms with Crippen LogP contribution >= 0.6 is 0 Å². The Morgan fingerprint density at radius 3 is 2.29 bits per heavy atom. The molecule has 0 saturated heterocycles. The van der Waals surface area contributed by atoms with Gasteiger partial charge in [-0.05, 0) is 18.6 Å². The Morgan fingerprint density at radius 1 is 1.06 bits per heavy atom. The predicted octanol–water partition coefficient (Wildman–Crippen LogP) is 2.97. The third kappa shape index (κ3) is 6.22. The molecule has 3 nitrogen and oxygen atoms in total. The third-order valence-corrected chi connectivity index (χ3v) is 3.59. The first-order chi connectivity index (χ1) is 7.67. The van der Waals surface area contributed by atoms with Crippen molar-refractivity contribution >= 4 is 10.1 Å². The van der Waals surface area contributed by atoms with Crippen molar-refractivity contribution in [2.45, 2.75) is 37.5 Å². The fourth-order valence-electron chi connectivity index (χ4n) is 1.35. The molecule has 0 spiro atoms. The molecule has 0 aliphatic rings. The van der Waals surface area contributed by atoms with Crippen molar-refractivity contribution in [1.82, 2.24) is 0 Å². The van der Waals surface area contributed by atoms with E-state index in [1.165, 1.54) is 0 Å². The second-order valence-electron chi connectivity index (χ2n) is 3.65. The summed E-state index contributed by atoms with van der Waals surface area (Å²) in [5.41, 5.74) is 0. The van der Waals surface area contributed by atoms with Crippen molar-refractivity contribution in [2.75, 3.05) is 6.61 Å². The summed E-state index contributed by atoms with van der Waals surface area (Å²) in [5.74, 6) is 0. The van der Waals surface area contributed by atoms with Gasteiger partial charge in [0, 0.05) is 17.1 Å². The molecule has 5 heteroatoms. The summed E-state index contributed by atoms with van der Waals surface area (Å²) >= 11 is 0. The van der Waals surface area contributed by atoms with Crippen molar-refractivity contribution < 1.29 is 29.7 Å². The topological polar surface area (TPSA) is 43.4 Å². The molecular weight excluding hydrogens is 280 g/mol. The molecule has 0 amide bonds. The van der Waals surface area contributed by atoms with Gasteiger partial charge in [-0.25, -0.2) is 0 Å². The van der Waals surface area contributed by atoms with Gasteiger partial charge in [0.15, 0.2) is 0 Å². The zero-order valence-corrected chi connectivity index (χ0v) is 11.8. The largest absolute Gasteiger partial charge is 0.296 e. The van der Waals surface area contributed by atoms with E-state index >= 15 is 0 Å². The minimum Gasteiger partial charge on any atom is -0.266 e. The minimum absolute atomic E-state index is 0. The van der Waals surface area contributed by atoms with E-state index in [4.69, 9.17) is 4.18 Å². The smallest absolute Gasteiger partial charge is 0.266 e. The average Bonchev–Trinajstić information content (AvgIpc) is 2.30. The summed E-state index contributed by atoms with van der Waals surface area (Å²) in [6.45, 7) is 2.39. The van der Waals surface area contributed by atoms with E-state index in [9.17, 15) is 8.42 Å². The van der Waals surface area contributed by atoms with E-state index in [1.54, 1.807) is 30.3 Å². The summed E-state index contributed by atoms with van der Waals surface area (Å²) in [4.78, 5) is 0.227. The SMILES string of the molecule is CCCCCCOS(=O)(=O)c1ccccc1.[Fe]. The molecule has 0 saturated carbocycles. The van der Waals surface area contributed by atoms with Crippen LogP contribution in [0.1, 0.15) is 32.6 Å². The zero-order valence-electron chi connectivity index (χ0n) is 9.91. The normalized spacial score (nSPS) is 10.9. The Bertz CT molecular complexity index is 389. The molecule has 0 N–H and O–H groups in total. The summed E-state index contributed by atoms with van der Waals surface area (Å²) in [6, 6.07) is 8.24. The van der Waals surface area contributed by atoms with E-state index in [1.807, 2.05) is 0 Å². The van der Waals surface area contributed by atoms with E-state index in [-0.39, 0.29) is 28.6 Å². The number of rotatable bonds is 7. The van der Waals surface area contributed by atoms with E-state index in [0.29, 0.717) is 0 Å². The van der Waals surface area contributed by atoms with Crippen LogP contribution in [0, 0.1) is 0 Å². The van der Waals surface area contributed by atoms with Gasteiger partial charge in [-0.15, -0.1) is 0 Å². The quantitative estimate of drug-likeness (QED) is 0.441. The monoisotopic (exact) mass is 298 g/mol.